The fraction of sp³-hybridized carbons (Fsp3) is 0.556. The third-order valence-electron chi connectivity index (χ3n) is 4.30. The van der Waals surface area contributed by atoms with E-state index >= 15 is 0 Å². The Hall–Kier alpha value is -2.20. The molecule has 28 heavy (non-hydrogen) atoms. The van der Waals surface area contributed by atoms with Crippen LogP contribution in [0.4, 0.5) is 19.3 Å². The third kappa shape index (κ3) is 5.90. The predicted molar refractivity (Wildman–Crippen MR) is 103 cm³/mol. The number of carbonyl (C=O) groups is 1. The molecule has 0 aliphatic carbocycles. The fourth-order valence-electron chi connectivity index (χ4n) is 2.97. The second-order valence-corrected chi connectivity index (χ2v) is 7.81. The Morgan fingerprint density at radius 3 is 2.68 bits per heavy atom. The van der Waals surface area contributed by atoms with Gasteiger partial charge in [-0.15, -0.1) is 0 Å². The van der Waals surface area contributed by atoms with Crippen LogP contribution in [-0.4, -0.2) is 64.7 Å². The average Bonchev–Trinajstić information content (AvgIpc) is 2.76. The van der Waals surface area contributed by atoms with Gasteiger partial charge in [0.25, 0.3) is 0 Å². The summed E-state index contributed by atoms with van der Waals surface area (Å²) in [7, 11) is -2.08. The third-order valence-corrected chi connectivity index (χ3v) is 4.30. The van der Waals surface area contributed by atoms with Crippen molar-refractivity contribution in [3.63, 3.8) is 0 Å². The Bertz CT molecular complexity index is 727. The molecule has 1 aliphatic heterocycles. The van der Waals surface area contributed by atoms with Crippen molar-refractivity contribution in [3.05, 3.63) is 29.6 Å². The minimum Gasteiger partial charge on any atom is -0.444 e. The number of carbonyl (C=O) groups excluding carboxylic acids is 1. The molecule has 154 valence electrons. The zero-order valence-corrected chi connectivity index (χ0v) is 16.2. The van der Waals surface area contributed by atoms with Crippen LogP contribution in [-0.2, 0) is 4.74 Å². The van der Waals surface area contributed by atoms with E-state index in [1.54, 1.807) is 20.8 Å². The summed E-state index contributed by atoms with van der Waals surface area (Å²) in [6.07, 6.45) is -1.09. The number of nitrogens with one attached hydrogen (secondary N) is 2. The van der Waals surface area contributed by atoms with Crippen LogP contribution in [0.2, 0.25) is 0 Å². The minimum absolute atomic E-state index is 0.0598. The lowest BCUT2D eigenvalue weighted by atomic mass is 9.78. The number of amides is 1. The van der Waals surface area contributed by atoms with Crippen molar-refractivity contribution in [1.29, 1.82) is 5.41 Å². The smallest absolute Gasteiger partial charge is 0.444 e. The molecule has 0 aromatic heterocycles. The van der Waals surface area contributed by atoms with Gasteiger partial charge in [-0.1, -0.05) is 0 Å². The number of anilines is 1. The molecular formula is C18H26BF2N3O4. The van der Waals surface area contributed by atoms with Crippen molar-refractivity contribution < 1.29 is 28.4 Å². The van der Waals surface area contributed by atoms with E-state index in [9.17, 15) is 23.6 Å². The molecule has 10 heteroatoms. The lowest BCUT2D eigenvalue weighted by Crippen LogP contribution is -2.42. The van der Waals surface area contributed by atoms with E-state index in [-0.39, 0.29) is 17.8 Å². The molecule has 1 heterocycles. The molecule has 1 saturated heterocycles. The van der Waals surface area contributed by atoms with E-state index in [4.69, 9.17) is 10.1 Å². The first-order valence-electron chi connectivity index (χ1n) is 9.11. The topological polar surface area (TPSA) is 106 Å². The first-order chi connectivity index (χ1) is 13.0. The number of hydrogen-bond donors (Lipinski definition) is 4. The molecule has 1 amide bonds. The first kappa shape index (κ1) is 22.1. The molecule has 1 fully saturated rings. The molecule has 4 N–H and O–H groups in total. The van der Waals surface area contributed by atoms with Crippen LogP contribution >= 0.6 is 0 Å². The van der Waals surface area contributed by atoms with Gasteiger partial charge in [0, 0.05) is 17.8 Å². The highest BCUT2D eigenvalue weighted by atomic mass is 19.1. The number of rotatable bonds is 4. The molecule has 1 aliphatic rings. The first-order valence-corrected chi connectivity index (χ1v) is 9.11. The summed E-state index contributed by atoms with van der Waals surface area (Å²) >= 11 is 0. The van der Waals surface area contributed by atoms with Crippen LogP contribution < -0.4 is 5.32 Å². The SMILES string of the molecule is CC(C)(C)OC(=O)N1CCCC(Nc2ccc(F)cc2C(=N)B(O)O)C(F)C1. The van der Waals surface area contributed by atoms with Gasteiger partial charge in [0.1, 0.15) is 17.6 Å². The van der Waals surface area contributed by atoms with Crippen molar-refractivity contribution in [2.24, 2.45) is 0 Å². The highest BCUT2D eigenvalue weighted by Gasteiger charge is 2.32. The quantitative estimate of drug-likeness (QED) is 0.461. The number of ether oxygens (including phenoxy) is 1. The Labute approximate surface area is 163 Å². The lowest BCUT2D eigenvalue weighted by Gasteiger charge is -2.28. The second-order valence-electron chi connectivity index (χ2n) is 7.81. The van der Waals surface area contributed by atoms with Gasteiger partial charge in [0.2, 0.25) is 0 Å². The number of nitrogens with zero attached hydrogens (tertiary/aromatic N) is 1. The minimum atomic E-state index is -2.08. The van der Waals surface area contributed by atoms with Gasteiger partial charge in [0.15, 0.2) is 0 Å². The summed E-state index contributed by atoms with van der Waals surface area (Å²) < 4.78 is 33.7. The molecule has 0 bridgehead atoms. The molecule has 2 rings (SSSR count). The van der Waals surface area contributed by atoms with E-state index in [0.29, 0.717) is 19.4 Å². The molecule has 1 aromatic carbocycles. The predicted octanol–water partition coefficient (Wildman–Crippen LogP) is 2.36. The average molecular weight is 397 g/mol. The number of hydrogen-bond acceptors (Lipinski definition) is 6. The number of alkyl halides is 1. The maximum atomic E-state index is 14.9. The Balaban J connectivity index is 2.14. The number of halogens is 2. The molecule has 0 saturated carbocycles. The Morgan fingerprint density at radius 1 is 1.39 bits per heavy atom. The normalized spacial score (nSPS) is 20.3. The molecule has 1 aromatic rings. The molecule has 0 spiro atoms. The van der Waals surface area contributed by atoms with Gasteiger partial charge < -0.3 is 30.4 Å². The van der Waals surface area contributed by atoms with Gasteiger partial charge in [-0.05, 0) is 51.8 Å². The second kappa shape index (κ2) is 8.87. The van der Waals surface area contributed by atoms with E-state index in [1.165, 1.54) is 11.0 Å². The van der Waals surface area contributed by atoms with Gasteiger partial charge in [-0.25, -0.2) is 13.6 Å². The highest BCUT2D eigenvalue weighted by Crippen LogP contribution is 2.24. The van der Waals surface area contributed by atoms with Gasteiger partial charge in [-0.2, -0.15) is 0 Å². The standard InChI is InChI=1S/C18H26BF2N3O4/c1-18(2,3)28-17(25)24-8-4-5-15(13(21)10-24)23-14-7-6-11(20)9-12(14)16(22)19(26)27/h6-7,9,13,15,22-23,26-27H,4-5,8,10H2,1-3H3. The van der Waals surface area contributed by atoms with E-state index in [0.717, 1.165) is 12.1 Å². The zero-order chi connectivity index (χ0) is 21.1. The van der Waals surface area contributed by atoms with Gasteiger partial charge >= 0.3 is 13.2 Å². The summed E-state index contributed by atoms with van der Waals surface area (Å²) in [6, 6.07) is 2.76. The van der Waals surface area contributed by atoms with Crippen LogP contribution in [0.1, 0.15) is 39.2 Å². The summed E-state index contributed by atoms with van der Waals surface area (Å²) in [6.45, 7) is 5.39. The maximum Gasteiger partial charge on any atom is 0.508 e. The fourth-order valence-corrected chi connectivity index (χ4v) is 2.97. The summed E-state index contributed by atoms with van der Waals surface area (Å²) in [5.74, 6) is -0.653. The molecule has 2 unspecified atom stereocenters. The van der Waals surface area contributed by atoms with Gasteiger partial charge in [-0.3, -0.25) is 0 Å². The van der Waals surface area contributed by atoms with Crippen LogP contribution in [0, 0.1) is 11.2 Å². The monoisotopic (exact) mass is 397 g/mol. The van der Waals surface area contributed by atoms with Crippen molar-refractivity contribution >= 4 is 24.5 Å². The molecule has 7 nitrogen and oxygen atoms in total. The highest BCUT2D eigenvalue weighted by molar-refractivity contribution is 6.82. The Kier molecular flexibility index (Phi) is 7.00. The largest absolute Gasteiger partial charge is 0.508 e. The summed E-state index contributed by atoms with van der Waals surface area (Å²) in [4.78, 5) is 13.5. The maximum absolute atomic E-state index is 14.9. The van der Waals surface area contributed by atoms with Crippen molar-refractivity contribution in [2.45, 2.75) is 51.4 Å². The van der Waals surface area contributed by atoms with Crippen LogP contribution in [0.25, 0.3) is 0 Å². The van der Waals surface area contributed by atoms with Crippen molar-refractivity contribution in [2.75, 3.05) is 18.4 Å². The van der Waals surface area contributed by atoms with E-state index in [1.807, 2.05) is 0 Å². The van der Waals surface area contributed by atoms with Gasteiger partial charge in [0.05, 0.1) is 18.2 Å². The number of likely N-dealkylation sites (tertiary alicyclic amines) is 1. The van der Waals surface area contributed by atoms with E-state index in [2.05, 4.69) is 5.32 Å². The van der Waals surface area contributed by atoms with Crippen molar-refractivity contribution in [1.82, 2.24) is 4.90 Å². The lowest BCUT2D eigenvalue weighted by molar-refractivity contribution is 0.0219. The van der Waals surface area contributed by atoms with Crippen LogP contribution in [0.3, 0.4) is 0 Å². The van der Waals surface area contributed by atoms with Crippen LogP contribution in [0.5, 0.6) is 0 Å². The van der Waals surface area contributed by atoms with E-state index < -0.39 is 42.5 Å². The number of benzene rings is 1. The summed E-state index contributed by atoms with van der Waals surface area (Å²) in [5, 5.41) is 29.1. The summed E-state index contributed by atoms with van der Waals surface area (Å²) in [5.41, 5.74) is -1.11. The molecular weight excluding hydrogens is 371 g/mol. The molecule has 2 atom stereocenters. The Morgan fingerprint density at radius 2 is 2.07 bits per heavy atom. The van der Waals surface area contributed by atoms with Crippen LogP contribution in [0.15, 0.2) is 18.2 Å². The van der Waals surface area contributed by atoms with Crippen molar-refractivity contribution in [3.8, 4) is 0 Å². The molecule has 0 radical (unpaired) electrons. The zero-order valence-electron chi connectivity index (χ0n) is 16.2.